The number of fused-ring (bicyclic) bond motifs is 1. The molecule has 1 fully saturated rings. The number of benzene rings is 1. The van der Waals surface area contributed by atoms with Gasteiger partial charge in [0.1, 0.15) is 12.7 Å². The fraction of sp³-hybridized carbons (Fsp3) is 0.625. The summed E-state index contributed by atoms with van der Waals surface area (Å²) < 4.78 is 11.8. The van der Waals surface area contributed by atoms with Gasteiger partial charge in [-0.25, -0.2) is 0 Å². The van der Waals surface area contributed by atoms with Gasteiger partial charge in [-0.1, -0.05) is 19.1 Å². The van der Waals surface area contributed by atoms with Crippen molar-refractivity contribution in [3.8, 4) is 11.5 Å². The van der Waals surface area contributed by atoms with Crippen molar-refractivity contribution in [3.63, 3.8) is 0 Å². The highest BCUT2D eigenvalue weighted by Gasteiger charge is 2.29. The summed E-state index contributed by atoms with van der Waals surface area (Å²) in [7, 11) is 0. The second kappa shape index (κ2) is 6.02. The summed E-state index contributed by atoms with van der Waals surface area (Å²) in [6.07, 6.45) is 1.35. The smallest absolute Gasteiger partial charge is 0.161 e. The van der Waals surface area contributed by atoms with Crippen LogP contribution < -0.4 is 15.2 Å². The Bertz CT molecular complexity index is 452. The molecule has 110 valence electrons. The van der Waals surface area contributed by atoms with Gasteiger partial charge in [0, 0.05) is 13.1 Å². The molecular formula is C16H24N2O2. The van der Waals surface area contributed by atoms with E-state index in [-0.39, 0.29) is 6.10 Å². The first kappa shape index (κ1) is 13.7. The third-order valence-electron chi connectivity index (χ3n) is 4.53. The van der Waals surface area contributed by atoms with Crippen LogP contribution in [0.2, 0.25) is 0 Å². The van der Waals surface area contributed by atoms with Crippen LogP contribution in [0.15, 0.2) is 24.3 Å². The highest BCUT2D eigenvalue weighted by atomic mass is 16.6. The van der Waals surface area contributed by atoms with E-state index in [2.05, 4.69) is 11.8 Å². The largest absolute Gasteiger partial charge is 0.486 e. The normalized spacial score (nSPS) is 30.2. The molecule has 3 unspecified atom stereocenters. The maximum atomic E-state index is 6.03. The molecule has 0 amide bonds. The van der Waals surface area contributed by atoms with E-state index < -0.39 is 0 Å². The zero-order chi connectivity index (χ0) is 13.9. The summed E-state index contributed by atoms with van der Waals surface area (Å²) in [6, 6.07) is 7.89. The third kappa shape index (κ3) is 2.91. The van der Waals surface area contributed by atoms with E-state index in [4.69, 9.17) is 15.2 Å². The molecule has 2 heterocycles. The van der Waals surface area contributed by atoms with Gasteiger partial charge in [0.25, 0.3) is 0 Å². The first-order valence-corrected chi connectivity index (χ1v) is 7.57. The SMILES string of the molecule is CC1CCN(CC2COc3ccccc3O2)CC1CN. The molecule has 0 spiro atoms. The minimum absolute atomic E-state index is 0.122. The van der Waals surface area contributed by atoms with Gasteiger partial charge in [-0.05, 0) is 43.5 Å². The molecule has 20 heavy (non-hydrogen) atoms. The van der Waals surface area contributed by atoms with E-state index in [1.54, 1.807) is 0 Å². The van der Waals surface area contributed by atoms with Crippen LogP contribution in [-0.4, -0.2) is 43.8 Å². The van der Waals surface area contributed by atoms with Crippen LogP contribution in [-0.2, 0) is 0 Å². The molecule has 0 radical (unpaired) electrons. The van der Waals surface area contributed by atoms with Crippen molar-refractivity contribution >= 4 is 0 Å². The molecule has 0 saturated carbocycles. The maximum Gasteiger partial charge on any atom is 0.161 e. The van der Waals surface area contributed by atoms with E-state index in [9.17, 15) is 0 Å². The number of nitrogens with zero attached hydrogens (tertiary/aromatic N) is 1. The quantitative estimate of drug-likeness (QED) is 0.913. The Hall–Kier alpha value is -1.26. The van der Waals surface area contributed by atoms with Crippen LogP contribution in [0.1, 0.15) is 13.3 Å². The number of nitrogens with two attached hydrogens (primary N) is 1. The molecule has 1 aromatic carbocycles. The lowest BCUT2D eigenvalue weighted by molar-refractivity contribution is 0.0368. The summed E-state index contributed by atoms with van der Waals surface area (Å²) in [5, 5.41) is 0. The standard InChI is InChI=1S/C16H24N2O2/c1-12-6-7-18(9-13(12)8-17)10-14-11-19-15-4-2-3-5-16(15)20-14/h2-5,12-14H,6-11,17H2,1H3. The Morgan fingerprint density at radius 3 is 2.90 bits per heavy atom. The van der Waals surface area contributed by atoms with Gasteiger partial charge < -0.3 is 15.2 Å². The number of ether oxygens (including phenoxy) is 2. The van der Waals surface area contributed by atoms with Crippen LogP contribution in [0, 0.1) is 11.8 Å². The van der Waals surface area contributed by atoms with Crippen molar-refractivity contribution in [1.82, 2.24) is 4.90 Å². The maximum absolute atomic E-state index is 6.03. The highest BCUT2D eigenvalue weighted by molar-refractivity contribution is 5.40. The molecule has 1 saturated heterocycles. The van der Waals surface area contributed by atoms with Gasteiger partial charge in [-0.2, -0.15) is 0 Å². The van der Waals surface area contributed by atoms with E-state index in [1.807, 2.05) is 24.3 Å². The second-order valence-corrected chi connectivity index (χ2v) is 6.02. The molecule has 0 aliphatic carbocycles. The highest BCUT2D eigenvalue weighted by Crippen LogP contribution is 2.31. The predicted molar refractivity (Wildman–Crippen MR) is 79.1 cm³/mol. The zero-order valence-electron chi connectivity index (χ0n) is 12.1. The van der Waals surface area contributed by atoms with Gasteiger partial charge in [0.15, 0.2) is 11.5 Å². The molecule has 2 aliphatic heterocycles. The van der Waals surface area contributed by atoms with E-state index in [0.717, 1.165) is 43.6 Å². The lowest BCUT2D eigenvalue weighted by Crippen LogP contribution is -2.48. The fourth-order valence-electron chi connectivity index (χ4n) is 3.14. The number of piperidine rings is 1. The Balaban J connectivity index is 1.57. The minimum atomic E-state index is 0.122. The predicted octanol–water partition coefficient (Wildman–Crippen LogP) is 1.74. The van der Waals surface area contributed by atoms with Gasteiger partial charge in [-0.3, -0.25) is 4.90 Å². The van der Waals surface area contributed by atoms with Crippen LogP contribution in [0.3, 0.4) is 0 Å². The summed E-state index contributed by atoms with van der Waals surface area (Å²) in [6.45, 7) is 6.88. The Kier molecular flexibility index (Phi) is 4.13. The fourth-order valence-corrected chi connectivity index (χ4v) is 3.14. The van der Waals surface area contributed by atoms with Crippen molar-refractivity contribution in [2.24, 2.45) is 17.6 Å². The molecular weight excluding hydrogens is 252 g/mol. The minimum Gasteiger partial charge on any atom is -0.486 e. The monoisotopic (exact) mass is 276 g/mol. The van der Waals surface area contributed by atoms with Gasteiger partial charge in [-0.15, -0.1) is 0 Å². The molecule has 4 heteroatoms. The van der Waals surface area contributed by atoms with Crippen LogP contribution in [0.5, 0.6) is 11.5 Å². The number of likely N-dealkylation sites (tertiary alicyclic amines) is 1. The molecule has 3 atom stereocenters. The van der Waals surface area contributed by atoms with Crippen molar-refractivity contribution in [1.29, 1.82) is 0 Å². The third-order valence-corrected chi connectivity index (χ3v) is 4.53. The molecule has 0 bridgehead atoms. The summed E-state index contributed by atoms with van der Waals surface area (Å²) in [4.78, 5) is 2.47. The number of para-hydroxylation sites is 2. The van der Waals surface area contributed by atoms with Gasteiger partial charge >= 0.3 is 0 Å². The molecule has 4 nitrogen and oxygen atoms in total. The molecule has 2 aliphatic rings. The van der Waals surface area contributed by atoms with Crippen molar-refractivity contribution < 1.29 is 9.47 Å². The molecule has 1 aromatic rings. The van der Waals surface area contributed by atoms with Gasteiger partial charge in [0.05, 0.1) is 0 Å². The van der Waals surface area contributed by atoms with E-state index in [0.29, 0.717) is 12.5 Å². The molecule has 2 N–H and O–H groups in total. The summed E-state index contributed by atoms with van der Waals surface area (Å²) in [5.41, 5.74) is 5.87. The number of hydrogen-bond acceptors (Lipinski definition) is 4. The number of hydrogen-bond donors (Lipinski definition) is 1. The molecule has 0 aromatic heterocycles. The van der Waals surface area contributed by atoms with Gasteiger partial charge in [0.2, 0.25) is 0 Å². The van der Waals surface area contributed by atoms with Crippen LogP contribution in [0.4, 0.5) is 0 Å². The van der Waals surface area contributed by atoms with E-state index in [1.165, 1.54) is 6.42 Å². The topological polar surface area (TPSA) is 47.7 Å². The average Bonchev–Trinajstić information content (AvgIpc) is 2.49. The lowest BCUT2D eigenvalue weighted by atomic mass is 9.87. The van der Waals surface area contributed by atoms with Crippen LogP contribution >= 0.6 is 0 Å². The van der Waals surface area contributed by atoms with Crippen molar-refractivity contribution in [2.45, 2.75) is 19.4 Å². The van der Waals surface area contributed by atoms with Crippen LogP contribution in [0.25, 0.3) is 0 Å². The average molecular weight is 276 g/mol. The van der Waals surface area contributed by atoms with E-state index >= 15 is 0 Å². The zero-order valence-corrected chi connectivity index (χ0v) is 12.1. The summed E-state index contributed by atoms with van der Waals surface area (Å²) >= 11 is 0. The van der Waals surface area contributed by atoms with Crippen molar-refractivity contribution in [3.05, 3.63) is 24.3 Å². The second-order valence-electron chi connectivity index (χ2n) is 6.02. The Morgan fingerprint density at radius 2 is 2.10 bits per heavy atom. The summed E-state index contributed by atoms with van der Waals surface area (Å²) in [5.74, 6) is 3.07. The Labute approximate surface area is 120 Å². The number of rotatable bonds is 3. The Morgan fingerprint density at radius 1 is 1.30 bits per heavy atom. The first-order valence-electron chi connectivity index (χ1n) is 7.57. The molecule has 3 rings (SSSR count). The first-order chi connectivity index (χ1) is 9.76. The van der Waals surface area contributed by atoms with Crippen molar-refractivity contribution in [2.75, 3.05) is 32.8 Å². The lowest BCUT2D eigenvalue weighted by Gasteiger charge is -2.38.